The third-order valence-electron chi connectivity index (χ3n) is 3.81. The van der Waals surface area contributed by atoms with Gasteiger partial charge in [0.15, 0.2) is 0 Å². The summed E-state index contributed by atoms with van der Waals surface area (Å²) in [5.41, 5.74) is 7.33. The summed E-state index contributed by atoms with van der Waals surface area (Å²) in [6.45, 7) is 10.4. The van der Waals surface area contributed by atoms with Crippen molar-refractivity contribution in [3.63, 3.8) is 0 Å². The van der Waals surface area contributed by atoms with Gasteiger partial charge in [-0.3, -0.25) is 4.79 Å². The van der Waals surface area contributed by atoms with Crippen molar-refractivity contribution in [3.8, 4) is 0 Å². The number of nitrogens with one attached hydrogen (secondary N) is 1. The number of fused-ring (bicyclic) bond motifs is 1. The van der Waals surface area contributed by atoms with Crippen LogP contribution in [-0.2, 0) is 4.79 Å². The second-order valence-electron chi connectivity index (χ2n) is 4.50. The second kappa shape index (κ2) is 3.09. The fraction of sp³-hybridized carbons (Fsp3) is 0.462. The van der Waals surface area contributed by atoms with Crippen molar-refractivity contribution in [3.05, 3.63) is 27.8 Å². The van der Waals surface area contributed by atoms with Gasteiger partial charge in [0.2, 0.25) is 5.91 Å². The van der Waals surface area contributed by atoms with E-state index in [2.05, 4.69) is 33.0 Å². The Kier molecular flexibility index (Phi) is 2.10. The molecule has 1 amide bonds. The van der Waals surface area contributed by atoms with Crippen LogP contribution < -0.4 is 5.32 Å². The summed E-state index contributed by atoms with van der Waals surface area (Å²) in [7, 11) is 0. The SMILES string of the molecule is Cc1c(C)c(C)c2c(c1C)NC(=O)C2C. The topological polar surface area (TPSA) is 29.1 Å². The van der Waals surface area contributed by atoms with Gasteiger partial charge in [0, 0.05) is 5.69 Å². The molecule has 2 rings (SSSR count). The molecule has 1 aliphatic heterocycles. The zero-order valence-corrected chi connectivity index (χ0v) is 9.99. The lowest BCUT2D eigenvalue weighted by Gasteiger charge is -2.15. The average Bonchev–Trinajstić information content (AvgIpc) is 2.50. The Morgan fingerprint density at radius 1 is 0.933 bits per heavy atom. The molecule has 0 bridgehead atoms. The van der Waals surface area contributed by atoms with E-state index < -0.39 is 0 Å². The Hall–Kier alpha value is -1.31. The Bertz CT molecular complexity index is 460. The first kappa shape index (κ1) is 10.2. The maximum atomic E-state index is 11.6. The maximum absolute atomic E-state index is 11.6. The molecule has 0 aliphatic carbocycles. The Labute approximate surface area is 90.7 Å². The minimum Gasteiger partial charge on any atom is -0.325 e. The minimum atomic E-state index is -0.00185. The molecule has 1 unspecified atom stereocenters. The highest BCUT2D eigenvalue weighted by atomic mass is 16.2. The van der Waals surface area contributed by atoms with Crippen molar-refractivity contribution in [2.24, 2.45) is 0 Å². The van der Waals surface area contributed by atoms with Gasteiger partial charge in [0.25, 0.3) is 0 Å². The van der Waals surface area contributed by atoms with Crippen molar-refractivity contribution in [2.45, 2.75) is 40.5 Å². The van der Waals surface area contributed by atoms with Crippen molar-refractivity contribution >= 4 is 11.6 Å². The van der Waals surface area contributed by atoms with Crippen LogP contribution in [0.2, 0.25) is 0 Å². The van der Waals surface area contributed by atoms with Crippen molar-refractivity contribution in [1.29, 1.82) is 0 Å². The molecule has 2 nitrogen and oxygen atoms in total. The molecule has 15 heavy (non-hydrogen) atoms. The summed E-state index contributed by atoms with van der Waals surface area (Å²) >= 11 is 0. The fourth-order valence-electron chi connectivity index (χ4n) is 2.41. The Morgan fingerprint density at radius 2 is 1.47 bits per heavy atom. The van der Waals surface area contributed by atoms with Gasteiger partial charge in [-0.2, -0.15) is 0 Å². The van der Waals surface area contributed by atoms with Crippen LogP contribution in [0, 0.1) is 27.7 Å². The summed E-state index contributed by atoms with van der Waals surface area (Å²) in [5.74, 6) is 0.124. The molecule has 0 aromatic heterocycles. The molecule has 0 fully saturated rings. The number of hydrogen-bond acceptors (Lipinski definition) is 1. The molecule has 0 saturated heterocycles. The summed E-state index contributed by atoms with van der Waals surface area (Å²) in [6.07, 6.45) is 0. The van der Waals surface area contributed by atoms with Gasteiger partial charge < -0.3 is 5.32 Å². The molecule has 80 valence electrons. The summed E-state index contributed by atoms with van der Waals surface area (Å²) in [4.78, 5) is 11.6. The van der Waals surface area contributed by atoms with E-state index in [1.165, 1.54) is 27.8 Å². The van der Waals surface area contributed by atoms with Crippen LogP contribution in [0.25, 0.3) is 0 Å². The van der Waals surface area contributed by atoms with E-state index in [-0.39, 0.29) is 11.8 Å². The van der Waals surface area contributed by atoms with Gasteiger partial charge in [-0.25, -0.2) is 0 Å². The first-order valence-electron chi connectivity index (χ1n) is 5.36. The van der Waals surface area contributed by atoms with Gasteiger partial charge >= 0.3 is 0 Å². The van der Waals surface area contributed by atoms with Crippen LogP contribution in [0.1, 0.15) is 40.7 Å². The molecular weight excluding hydrogens is 186 g/mol. The van der Waals surface area contributed by atoms with Gasteiger partial charge in [-0.1, -0.05) is 0 Å². The van der Waals surface area contributed by atoms with Crippen LogP contribution in [0.15, 0.2) is 0 Å². The van der Waals surface area contributed by atoms with Gasteiger partial charge in [-0.15, -0.1) is 0 Å². The molecule has 1 aromatic rings. The molecule has 0 radical (unpaired) electrons. The number of anilines is 1. The van der Waals surface area contributed by atoms with E-state index in [0.717, 1.165) is 5.69 Å². The molecule has 1 atom stereocenters. The first-order valence-corrected chi connectivity index (χ1v) is 5.36. The summed E-state index contributed by atoms with van der Waals surface area (Å²) in [5, 5.41) is 2.99. The van der Waals surface area contributed by atoms with Gasteiger partial charge in [-0.05, 0) is 62.4 Å². The fourth-order valence-corrected chi connectivity index (χ4v) is 2.41. The molecule has 2 heteroatoms. The third-order valence-corrected chi connectivity index (χ3v) is 3.81. The van der Waals surface area contributed by atoms with Crippen molar-refractivity contribution in [1.82, 2.24) is 0 Å². The second-order valence-corrected chi connectivity index (χ2v) is 4.50. The highest BCUT2D eigenvalue weighted by molar-refractivity contribution is 6.04. The van der Waals surface area contributed by atoms with Gasteiger partial charge in [0.05, 0.1) is 5.92 Å². The molecule has 1 N–H and O–H groups in total. The van der Waals surface area contributed by atoms with Crippen molar-refractivity contribution in [2.75, 3.05) is 5.32 Å². The maximum Gasteiger partial charge on any atom is 0.231 e. The van der Waals surface area contributed by atoms with Crippen LogP contribution in [0.5, 0.6) is 0 Å². The van der Waals surface area contributed by atoms with E-state index in [0.29, 0.717) is 0 Å². The predicted octanol–water partition coefficient (Wildman–Crippen LogP) is 2.98. The number of rotatable bonds is 0. The van der Waals surface area contributed by atoms with E-state index in [1.54, 1.807) is 0 Å². The number of hydrogen-bond donors (Lipinski definition) is 1. The number of carbonyl (C=O) groups is 1. The number of carbonyl (C=O) groups excluding carboxylic acids is 1. The molecule has 1 aromatic carbocycles. The Balaban J connectivity index is 2.80. The standard InChI is InChI=1S/C13H17NO/c1-6-7(2)9(4)12-11(8(6)3)10(5)13(15)14-12/h10H,1-5H3,(H,14,15). The smallest absolute Gasteiger partial charge is 0.231 e. The van der Waals surface area contributed by atoms with Crippen LogP contribution in [0.3, 0.4) is 0 Å². The highest BCUT2D eigenvalue weighted by Gasteiger charge is 2.30. The summed E-state index contributed by atoms with van der Waals surface area (Å²) in [6, 6.07) is 0. The van der Waals surface area contributed by atoms with Crippen LogP contribution >= 0.6 is 0 Å². The highest BCUT2D eigenvalue weighted by Crippen LogP contribution is 2.40. The molecule has 0 saturated carbocycles. The average molecular weight is 203 g/mol. The normalized spacial score (nSPS) is 19.0. The number of amides is 1. The zero-order valence-electron chi connectivity index (χ0n) is 9.99. The summed E-state index contributed by atoms with van der Waals surface area (Å²) < 4.78 is 0. The largest absolute Gasteiger partial charge is 0.325 e. The van der Waals surface area contributed by atoms with E-state index in [1.807, 2.05) is 6.92 Å². The monoisotopic (exact) mass is 203 g/mol. The van der Waals surface area contributed by atoms with Crippen molar-refractivity contribution < 1.29 is 4.79 Å². The zero-order chi connectivity index (χ0) is 11.3. The van der Waals surface area contributed by atoms with E-state index >= 15 is 0 Å². The minimum absolute atomic E-state index is 0.00185. The van der Waals surface area contributed by atoms with Crippen LogP contribution in [-0.4, -0.2) is 5.91 Å². The molecular formula is C13H17NO. The molecule has 0 spiro atoms. The molecule has 1 aliphatic rings. The van der Waals surface area contributed by atoms with Crippen LogP contribution in [0.4, 0.5) is 5.69 Å². The lowest BCUT2D eigenvalue weighted by atomic mass is 9.89. The van der Waals surface area contributed by atoms with E-state index in [4.69, 9.17) is 0 Å². The first-order chi connectivity index (χ1) is 6.95. The Morgan fingerprint density at radius 3 is 2.07 bits per heavy atom. The number of benzene rings is 1. The lowest BCUT2D eigenvalue weighted by molar-refractivity contribution is -0.116. The third kappa shape index (κ3) is 1.21. The molecule has 1 heterocycles. The predicted molar refractivity (Wildman–Crippen MR) is 62.4 cm³/mol. The quantitative estimate of drug-likeness (QED) is 0.690. The lowest BCUT2D eigenvalue weighted by Crippen LogP contribution is -2.08. The van der Waals surface area contributed by atoms with Gasteiger partial charge in [0.1, 0.15) is 0 Å². The van der Waals surface area contributed by atoms with E-state index in [9.17, 15) is 4.79 Å².